The Morgan fingerprint density at radius 1 is 1.32 bits per heavy atom. The summed E-state index contributed by atoms with van der Waals surface area (Å²) in [6, 6.07) is 10.2. The Bertz CT molecular complexity index is 407. The van der Waals surface area contributed by atoms with E-state index in [0.29, 0.717) is 18.8 Å². The zero-order valence-electron chi connectivity index (χ0n) is 11.4. The first kappa shape index (κ1) is 14.6. The average Bonchev–Trinajstić information content (AvgIpc) is 2.79. The van der Waals surface area contributed by atoms with E-state index in [1.807, 2.05) is 18.2 Å². The van der Waals surface area contributed by atoms with Gasteiger partial charge in [0.25, 0.3) is 0 Å². The van der Waals surface area contributed by atoms with Crippen molar-refractivity contribution in [3.8, 4) is 0 Å². The topological polar surface area (TPSA) is 35.5 Å². The Hall–Kier alpha value is -0.840. The molecule has 3 atom stereocenters. The lowest BCUT2D eigenvalue weighted by molar-refractivity contribution is -0.123. The number of Topliss-reactive ketones (excluding diaryl/α,β-unsaturated/α-hetero) is 1. The van der Waals surface area contributed by atoms with Crippen LogP contribution in [0.4, 0.5) is 0 Å². The monoisotopic (exact) mass is 280 g/mol. The van der Waals surface area contributed by atoms with Gasteiger partial charge in [0.15, 0.2) is 0 Å². The zero-order chi connectivity index (χ0) is 13.7. The van der Waals surface area contributed by atoms with Crippen LogP contribution in [0.5, 0.6) is 0 Å². The second-order valence-corrected chi connectivity index (χ2v) is 5.94. The van der Waals surface area contributed by atoms with Gasteiger partial charge in [-0.1, -0.05) is 30.0 Å². The van der Waals surface area contributed by atoms with Crippen molar-refractivity contribution in [2.24, 2.45) is 11.8 Å². The molecule has 1 aromatic rings. The van der Waals surface area contributed by atoms with Crippen molar-refractivity contribution in [2.75, 3.05) is 20.8 Å². The van der Waals surface area contributed by atoms with E-state index in [4.69, 9.17) is 9.47 Å². The molecule has 1 saturated carbocycles. The first-order valence-corrected chi connectivity index (χ1v) is 7.40. The van der Waals surface area contributed by atoms with Gasteiger partial charge in [0.05, 0.1) is 6.61 Å². The SMILES string of the molecule is COCC1C(=O)CCC1C(OC)Sc1ccccc1. The molecule has 0 saturated heterocycles. The summed E-state index contributed by atoms with van der Waals surface area (Å²) in [5, 5.41) is 0. The Kier molecular flexibility index (Phi) is 5.43. The van der Waals surface area contributed by atoms with Crippen LogP contribution in [-0.2, 0) is 14.3 Å². The summed E-state index contributed by atoms with van der Waals surface area (Å²) in [5.41, 5.74) is 0.00833. The number of methoxy groups -OCH3 is 2. The molecule has 19 heavy (non-hydrogen) atoms. The number of rotatable bonds is 6. The molecule has 0 amide bonds. The minimum absolute atomic E-state index is 0.00833. The van der Waals surface area contributed by atoms with Gasteiger partial charge in [-0.05, 0) is 18.6 Å². The molecule has 0 aromatic heterocycles. The quantitative estimate of drug-likeness (QED) is 0.593. The third kappa shape index (κ3) is 3.59. The predicted molar refractivity (Wildman–Crippen MR) is 76.2 cm³/mol. The van der Waals surface area contributed by atoms with Crippen LogP contribution in [0.1, 0.15) is 12.8 Å². The van der Waals surface area contributed by atoms with Gasteiger partial charge in [0.2, 0.25) is 0 Å². The number of hydrogen-bond donors (Lipinski definition) is 0. The highest BCUT2D eigenvalue weighted by Gasteiger charge is 2.40. The number of thioether (sulfide) groups is 1. The zero-order valence-corrected chi connectivity index (χ0v) is 12.2. The van der Waals surface area contributed by atoms with Crippen LogP contribution in [0.25, 0.3) is 0 Å². The predicted octanol–water partition coefficient (Wildman–Crippen LogP) is 2.99. The van der Waals surface area contributed by atoms with Crippen LogP contribution >= 0.6 is 11.8 Å². The molecule has 0 bridgehead atoms. The highest BCUT2D eigenvalue weighted by molar-refractivity contribution is 7.99. The van der Waals surface area contributed by atoms with Crippen molar-refractivity contribution >= 4 is 17.5 Å². The van der Waals surface area contributed by atoms with E-state index in [1.54, 1.807) is 26.0 Å². The van der Waals surface area contributed by atoms with Gasteiger partial charge in [0, 0.05) is 37.4 Å². The first-order chi connectivity index (χ1) is 9.26. The van der Waals surface area contributed by atoms with E-state index in [9.17, 15) is 4.79 Å². The third-order valence-corrected chi connectivity index (χ3v) is 4.90. The summed E-state index contributed by atoms with van der Waals surface area (Å²) in [7, 11) is 3.36. The smallest absolute Gasteiger partial charge is 0.138 e. The standard InChI is InChI=1S/C15H20O3S/c1-17-10-13-12(8-9-14(13)16)15(18-2)19-11-6-4-3-5-7-11/h3-7,12-13,15H,8-10H2,1-2H3. The number of hydrogen-bond acceptors (Lipinski definition) is 4. The number of ketones is 1. The maximum atomic E-state index is 11.9. The lowest BCUT2D eigenvalue weighted by atomic mass is 9.97. The molecule has 1 aliphatic carbocycles. The van der Waals surface area contributed by atoms with E-state index in [-0.39, 0.29) is 17.3 Å². The van der Waals surface area contributed by atoms with Crippen molar-refractivity contribution in [1.29, 1.82) is 0 Å². The molecule has 1 aromatic carbocycles. The molecule has 0 heterocycles. The molecule has 104 valence electrons. The van der Waals surface area contributed by atoms with E-state index in [2.05, 4.69) is 12.1 Å². The molecule has 4 heteroatoms. The molecule has 2 rings (SSSR count). The van der Waals surface area contributed by atoms with Crippen LogP contribution in [-0.4, -0.2) is 32.0 Å². The van der Waals surface area contributed by atoms with Crippen LogP contribution < -0.4 is 0 Å². The van der Waals surface area contributed by atoms with Gasteiger partial charge >= 0.3 is 0 Å². The molecule has 0 radical (unpaired) electrons. The maximum Gasteiger partial charge on any atom is 0.138 e. The summed E-state index contributed by atoms with van der Waals surface area (Å²) in [6.07, 6.45) is 1.54. The number of benzene rings is 1. The van der Waals surface area contributed by atoms with Crippen LogP contribution in [0.3, 0.4) is 0 Å². The summed E-state index contributed by atoms with van der Waals surface area (Å²) in [6.45, 7) is 0.499. The van der Waals surface area contributed by atoms with Crippen molar-refractivity contribution < 1.29 is 14.3 Å². The highest BCUT2D eigenvalue weighted by atomic mass is 32.2. The second kappa shape index (κ2) is 7.08. The van der Waals surface area contributed by atoms with Crippen LogP contribution in [0, 0.1) is 11.8 Å². The van der Waals surface area contributed by atoms with E-state index >= 15 is 0 Å². The molecular formula is C15H20O3S. The van der Waals surface area contributed by atoms with Crippen LogP contribution in [0.2, 0.25) is 0 Å². The number of carbonyl (C=O) groups is 1. The second-order valence-electron chi connectivity index (χ2n) is 4.77. The molecule has 0 N–H and O–H groups in total. The molecule has 0 spiro atoms. The normalized spacial score (nSPS) is 24.6. The molecule has 0 aliphatic heterocycles. The molecule has 1 aliphatic rings. The summed E-state index contributed by atoms with van der Waals surface area (Å²) in [5.74, 6) is 0.524. The lowest BCUT2D eigenvalue weighted by Gasteiger charge is -2.26. The Morgan fingerprint density at radius 2 is 2.05 bits per heavy atom. The summed E-state index contributed by atoms with van der Waals surface area (Å²) >= 11 is 1.69. The van der Waals surface area contributed by atoms with Crippen molar-refractivity contribution in [3.05, 3.63) is 30.3 Å². The molecule has 1 fully saturated rings. The molecule has 3 nitrogen and oxygen atoms in total. The van der Waals surface area contributed by atoms with Crippen molar-refractivity contribution in [1.82, 2.24) is 0 Å². The van der Waals surface area contributed by atoms with Gasteiger partial charge < -0.3 is 9.47 Å². The van der Waals surface area contributed by atoms with E-state index < -0.39 is 0 Å². The first-order valence-electron chi connectivity index (χ1n) is 6.52. The fourth-order valence-corrected chi connectivity index (χ4v) is 3.78. The molecule has 3 unspecified atom stereocenters. The minimum atomic E-state index is -0.0221. The fourth-order valence-electron chi connectivity index (χ4n) is 2.60. The Balaban J connectivity index is 2.06. The Labute approximate surface area is 118 Å². The summed E-state index contributed by atoms with van der Waals surface area (Å²) in [4.78, 5) is 13.1. The van der Waals surface area contributed by atoms with Crippen molar-refractivity contribution in [3.63, 3.8) is 0 Å². The largest absolute Gasteiger partial charge is 0.384 e. The lowest BCUT2D eigenvalue weighted by Crippen LogP contribution is -2.29. The number of carbonyl (C=O) groups excluding carboxylic acids is 1. The van der Waals surface area contributed by atoms with Crippen LogP contribution in [0.15, 0.2) is 35.2 Å². The maximum absolute atomic E-state index is 11.9. The van der Waals surface area contributed by atoms with E-state index in [1.165, 1.54) is 4.90 Å². The third-order valence-electron chi connectivity index (χ3n) is 3.58. The minimum Gasteiger partial charge on any atom is -0.384 e. The van der Waals surface area contributed by atoms with Gasteiger partial charge in [-0.2, -0.15) is 0 Å². The van der Waals surface area contributed by atoms with Gasteiger partial charge in [-0.3, -0.25) is 4.79 Å². The summed E-state index contributed by atoms with van der Waals surface area (Å²) < 4.78 is 10.8. The fraction of sp³-hybridized carbons (Fsp3) is 0.533. The number of ether oxygens (including phenoxy) is 2. The van der Waals surface area contributed by atoms with Gasteiger partial charge in [-0.25, -0.2) is 0 Å². The molecular weight excluding hydrogens is 260 g/mol. The van der Waals surface area contributed by atoms with Crippen molar-refractivity contribution in [2.45, 2.75) is 23.2 Å². The van der Waals surface area contributed by atoms with Gasteiger partial charge in [-0.15, -0.1) is 0 Å². The highest BCUT2D eigenvalue weighted by Crippen LogP contribution is 2.39. The van der Waals surface area contributed by atoms with Gasteiger partial charge in [0.1, 0.15) is 11.2 Å². The van der Waals surface area contributed by atoms with E-state index in [0.717, 1.165) is 6.42 Å². The Morgan fingerprint density at radius 3 is 2.68 bits per heavy atom. The average molecular weight is 280 g/mol.